The van der Waals surface area contributed by atoms with Crippen LogP contribution < -0.4 is 10.6 Å². The third-order valence-electron chi connectivity index (χ3n) is 4.29. The van der Waals surface area contributed by atoms with E-state index in [1.54, 1.807) is 5.32 Å². The summed E-state index contributed by atoms with van der Waals surface area (Å²) in [5.41, 5.74) is -1.01. The zero-order chi connectivity index (χ0) is 16.5. The van der Waals surface area contributed by atoms with Gasteiger partial charge < -0.3 is 10.6 Å². The van der Waals surface area contributed by atoms with Crippen LogP contribution in [0.5, 0.6) is 0 Å². The molecule has 4 amide bonds. The highest BCUT2D eigenvalue weighted by atomic mass is 19.4. The highest BCUT2D eigenvalue weighted by Gasteiger charge is 2.55. The molecule has 2 fully saturated rings. The van der Waals surface area contributed by atoms with E-state index >= 15 is 0 Å². The molecule has 2 atom stereocenters. The van der Waals surface area contributed by atoms with Gasteiger partial charge in [0.2, 0.25) is 5.91 Å². The Bertz CT molecular complexity index is 495. The Morgan fingerprint density at radius 1 is 1.41 bits per heavy atom. The van der Waals surface area contributed by atoms with Gasteiger partial charge in [-0.3, -0.25) is 14.5 Å². The first kappa shape index (κ1) is 16.6. The van der Waals surface area contributed by atoms with Crippen molar-refractivity contribution in [2.24, 2.45) is 5.92 Å². The van der Waals surface area contributed by atoms with Gasteiger partial charge in [0.25, 0.3) is 5.91 Å². The molecule has 0 aromatic carbocycles. The monoisotopic (exact) mass is 321 g/mol. The molecular weight excluding hydrogens is 303 g/mol. The van der Waals surface area contributed by atoms with Gasteiger partial charge >= 0.3 is 12.2 Å². The topological polar surface area (TPSA) is 78.5 Å². The summed E-state index contributed by atoms with van der Waals surface area (Å²) < 4.78 is 36.1. The van der Waals surface area contributed by atoms with E-state index in [0.29, 0.717) is 11.3 Å². The Morgan fingerprint density at radius 3 is 2.68 bits per heavy atom. The first-order valence-corrected chi connectivity index (χ1v) is 7.13. The molecular formula is C13H18F3N3O3. The molecule has 124 valence electrons. The minimum absolute atomic E-state index is 0.0686. The molecule has 2 rings (SSSR count). The van der Waals surface area contributed by atoms with Crippen molar-refractivity contribution in [3.05, 3.63) is 0 Å². The van der Waals surface area contributed by atoms with E-state index in [4.69, 9.17) is 0 Å². The zero-order valence-electron chi connectivity index (χ0n) is 12.1. The number of rotatable bonds is 3. The Kier molecular flexibility index (Phi) is 4.35. The number of carbonyl (C=O) groups excluding carboxylic acids is 3. The molecule has 1 aliphatic carbocycles. The quantitative estimate of drug-likeness (QED) is 0.766. The SMILES string of the molecule is CC1CCCCC12NC(=O)N(CC(=O)NCC(F)(F)F)C2=O. The summed E-state index contributed by atoms with van der Waals surface area (Å²) in [6, 6.07) is -0.721. The molecule has 1 saturated heterocycles. The molecule has 1 aliphatic heterocycles. The Labute approximate surface area is 125 Å². The van der Waals surface area contributed by atoms with Crippen LogP contribution in [0.2, 0.25) is 0 Å². The second-order valence-corrected chi connectivity index (χ2v) is 5.83. The van der Waals surface area contributed by atoms with Gasteiger partial charge in [0, 0.05) is 0 Å². The van der Waals surface area contributed by atoms with E-state index in [9.17, 15) is 27.6 Å². The van der Waals surface area contributed by atoms with E-state index in [2.05, 4.69) is 5.32 Å². The van der Waals surface area contributed by atoms with Crippen molar-refractivity contribution >= 4 is 17.8 Å². The number of alkyl halides is 3. The Hall–Kier alpha value is -1.80. The largest absolute Gasteiger partial charge is 0.405 e. The van der Waals surface area contributed by atoms with Crippen LogP contribution in [-0.2, 0) is 9.59 Å². The first-order chi connectivity index (χ1) is 10.2. The lowest BCUT2D eigenvalue weighted by molar-refractivity contribution is -0.142. The second kappa shape index (κ2) is 5.77. The molecule has 22 heavy (non-hydrogen) atoms. The van der Waals surface area contributed by atoms with Crippen molar-refractivity contribution in [3.8, 4) is 0 Å². The van der Waals surface area contributed by atoms with E-state index in [1.807, 2.05) is 6.92 Å². The number of hydrogen-bond donors (Lipinski definition) is 2. The number of nitrogens with zero attached hydrogens (tertiary/aromatic N) is 1. The number of amides is 4. The van der Waals surface area contributed by atoms with Gasteiger partial charge in [0.05, 0.1) is 0 Å². The lowest BCUT2D eigenvalue weighted by atomic mass is 9.73. The minimum Gasteiger partial charge on any atom is -0.345 e. The van der Waals surface area contributed by atoms with E-state index in [1.165, 1.54) is 0 Å². The molecule has 1 spiro atoms. The van der Waals surface area contributed by atoms with Gasteiger partial charge in [0.15, 0.2) is 0 Å². The molecule has 0 aromatic rings. The van der Waals surface area contributed by atoms with Crippen LogP contribution in [0.15, 0.2) is 0 Å². The number of urea groups is 1. The summed E-state index contributed by atoms with van der Waals surface area (Å²) in [5, 5.41) is 4.29. The maximum atomic E-state index is 12.5. The smallest absolute Gasteiger partial charge is 0.345 e. The Balaban J connectivity index is 2.02. The predicted octanol–water partition coefficient (Wildman–Crippen LogP) is 1.17. The van der Waals surface area contributed by atoms with Crippen molar-refractivity contribution in [1.29, 1.82) is 0 Å². The lowest BCUT2D eigenvalue weighted by Crippen LogP contribution is -2.54. The number of halogens is 3. The summed E-state index contributed by atoms with van der Waals surface area (Å²) >= 11 is 0. The predicted molar refractivity (Wildman–Crippen MR) is 69.7 cm³/mol. The average molecular weight is 321 g/mol. The van der Waals surface area contributed by atoms with Crippen LogP contribution in [0, 0.1) is 5.92 Å². The van der Waals surface area contributed by atoms with Gasteiger partial charge in [-0.2, -0.15) is 13.2 Å². The van der Waals surface area contributed by atoms with Gasteiger partial charge in [-0.05, 0) is 18.8 Å². The summed E-state index contributed by atoms with van der Waals surface area (Å²) in [7, 11) is 0. The van der Waals surface area contributed by atoms with Crippen LogP contribution in [0.4, 0.5) is 18.0 Å². The van der Waals surface area contributed by atoms with Crippen LogP contribution in [0.25, 0.3) is 0 Å². The fourth-order valence-corrected chi connectivity index (χ4v) is 3.04. The maximum Gasteiger partial charge on any atom is 0.405 e. The number of imide groups is 1. The van der Waals surface area contributed by atoms with Gasteiger partial charge in [-0.25, -0.2) is 4.79 Å². The average Bonchev–Trinajstić information content (AvgIpc) is 2.65. The highest BCUT2D eigenvalue weighted by Crippen LogP contribution is 2.38. The van der Waals surface area contributed by atoms with Crippen molar-refractivity contribution in [2.45, 2.75) is 44.3 Å². The Morgan fingerprint density at radius 2 is 2.09 bits per heavy atom. The highest BCUT2D eigenvalue weighted by molar-refractivity contribution is 6.09. The van der Waals surface area contributed by atoms with Crippen LogP contribution in [0.1, 0.15) is 32.6 Å². The summed E-state index contributed by atoms with van der Waals surface area (Å²) in [6.07, 6.45) is -1.53. The van der Waals surface area contributed by atoms with Crippen molar-refractivity contribution < 1.29 is 27.6 Å². The number of hydrogen-bond acceptors (Lipinski definition) is 3. The molecule has 6 nitrogen and oxygen atoms in total. The molecule has 2 unspecified atom stereocenters. The third-order valence-corrected chi connectivity index (χ3v) is 4.29. The van der Waals surface area contributed by atoms with Crippen LogP contribution in [-0.4, -0.2) is 47.6 Å². The third kappa shape index (κ3) is 3.17. The van der Waals surface area contributed by atoms with Crippen molar-refractivity contribution in [3.63, 3.8) is 0 Å². The van der Waals surface area contributed by atoms with Gasteiger partial charge in [-0.15, -0.1) is 0 Å². The maximum absolute atomic E-state index is 12.5. The molecule has 1 saturated carbocycles. The molecule has 9 heteroatoms. The molecule has 0 bridgehead atoms. The summed E-state index contributed by atoms with van der Waals surface area (Å²) in [5.74, 6) is -1.60. The van der Waals surface area contributed by atoms with E-state index in [0.717, 1.165) is 19.3 Å². The van der Waals surface area contributed by atoms with Crippen LogP contribution in [0.3, 0.4) is 0 Å². The molecule has 2 N–H and O–H groups in total. The standard InChI is InChI=1S/C13H18F3N3O3/c1-8-4-2-3-5-12(8)10(21)19(11(22)18-12)6-9(20)17-7-13(14,15)16/h8H,2-7H2,1H3,(H,17,20)(H,18,22). The van der Waals surface area contributed by atoms with Crippen molar-refractivity contribution in [2.75, 3.05) is 13.1 Å². The van der Waals surface area contributed by atoms with E-state index < -0.39 is 42.7 Å². The number of nitrogens with one attached hydrogen (secondary N) is 2. The first-order valence-electron chi connectivity index (χ1n) is 7.13. The summed E-state index contributed by atoms with van der Waals surface area (Å²) in [6.45, 7) is -0.336. The molecule has 2 aliphatic rings. The van der Waals surface area contributed by atoms with Crippen LogP contribution >= 0.6 is 0 Å². The molecule has 0 aromatic heterocycles. The normalized spacial score (nSPS) is 28.9. The fraction of sp³-hybridized carbons (Fsp3) is 0.769. The summed E-state index contributed by atoms with van der Waals surface area (Å²) in [4.78, 5) is 36.6. The minimum atomic E-state index is -4.54. The fourth-order valence-electron chi connectivity index (χ4n) is 3.04. The van der Waals surface area contributed by atoms with Crippen molar-refractivity contribution in [1.82, 2.24) is 15.5 Å². The second-order valence-electron chi connectivity index (χ2n) is 5.83. The van der Waals surface area contributed by atoms with Gasteiger partial charge in [-0.1, -0.05) is 19.8 Å². The molecule has 1 heterocycles. The van der Waals surface area contributed by atoms with E-state index in [-0.39, 0.29) is 5.92 Å². The zero-order valence-corrected chi connectivity index (χ0v) is 12.1. The lowest BCUT2D eigenvalue weighted by Gasteiger charge is -2.36. The molecule has 0 radical (unpaired) electrons. The number of carbonyl (C=O) groups is 3. The van der Waals surface area contributed by atoms with Gasteiger partial charge in [0.1, 0.15) is 18.6 Å².